The number of carbonyl (C=O) groups is 1. The van der Waals surface area contributed by atoms with Crippen LogP contribution in [0.3, 0.4) is 0 Å². The van der Waals surface area contributed by atoms with Crippen molar-refractivity contribution in [2.24, 2.45) is 0 Å². The third-order valence-corrected chi connectivity index (χ3v) is 5.00. The zero-order valence-electron chi connectivity index (χ0n) is 10.1. The van der Waals surface area contributed by atoms with E-state index in [1.54, 1.807) is 18.2 Å². The van der Waals surface area contributed by atoms with Crippen molar-refractivity contribution in [2.75, 3.05) is 7.11 Å². The third-order valence-electron chi connectivity index (χ3n) is 3.14. The van der Waals surface area contributed by atoms with Crippen LogP contribution in [0.25, 0.3) is 16.8 Å². The van der Waals surface area contributed by atoms with Crippen molar-refractivity contribution in [3.63, 3.8) is 0 Å². The fourth-order valence-corrected chi connectivity index (χ4v) is 3.99. The Morgan fingerprint density at radius 3 is 2.58 bits per heavy atom. The minimum atomic E-state index is -3.80. The lowest BCUT2D eigenvalue weighted by Gasteiger charge is -2.06. The zero-order valence-corrected chi connectivity index (χ0v) is 10.9. The van der Waals surface area contributed by atoms with Crippen LogP contribution in [-0.4, -0.2) is 21.5 Å². The Bertz CT molecular complexity index is 832. The molecule has 4 nitrogen and oxygen atoms in total. The van der Waals surface area contributed by atoms with Crippen LogP contribution in [0, 0.1) is 0 Å². The molecule has 2 aromatic carbocycles. The van der Waals surface area contributed by atoms with Gasteiger partial charge < -0.3 is 4.74 Å². The minimum Gasteiger partial charge on any atom is -0.465 e. The molecule has 2 aromatic rings. The van der Waals surface area contributed by atoms with E-state index in [0.717, 1.165) is 5.39 Å². The summed E-state index contributed by atoms with van der Waals surface area (Å²) in [5.74, 6) is -0.833. The number of hydrogen-bond acceptors (Lipinski definition) is 4. The van der Waals surface area contributed by atoms with E-state index in [4.69, 9.17) is 0 Å². The highest BCUT2D eigenvalue weighted by Crippen LogP contribution is 2.38. The number of methoxy groups -OCH3 is 1. The monoisotopic (exact) mass is 274 g/mol. The van der Waals surface area contributed by atoms with Gasteiger partial charge >= 0.3 is 5.97 Å². The van der Waals surface area contributed by atoms with Gasteiger partial charge in [0.05, 0.1) is 12.0 Å². The van der Waals surface area contributed by atoms with E-state index in [1.807, 2.05) is 18.2 Å². The SMILES string of the molecule is COC(=O)C1=Cc2ccc3ccccc3c2S1(=O)=O. The van der Waals surface area contributed by atoms with E-state index in [-0.39, 0.29) is 9.80 Å². The predicted octanol–water partition coefficient (Wildman–Crippen LogP) is 2.14. The lowest BCUT2D eigenvalue weighted by molar-refractivity contribution is -0.135. The summed E-state index contributed by atoms with van der Waals surface area (Å²) >= 11 is 0. The third kappa shape index (κ3) is 1.58. The molecule has 0 spiro atoms. The van der Waals surface area contributed by atoms with Gasteiger partial charge in [0.15, 0.2) is 4.91 Å². The summed E-state index contributed by atoms with van der Waals surface area (Å²) in [5, 5.41) is 1.44. The lowest BCUT2D eigenvalue weighted by Crippen LogP contribution is -2.12. The molecule has 1 aliphatic heterocycles. The van der Waals surface area contributed by atoms with Crippen molar-refractivity contribution in [2.45, 2.75) is 4.90 Å². The molecule has 19 heavy (non-hydrogen) atoms. The first-order valence-electron chi connectivity index (χ1n) is 5.62. The van der Waals surface area contributed by atoms with Gasteiger partial charge in [0.25, 0.3) is 0 Å². The van der Waals surface area contributed by atoms with Gasteiger partial charge in [0.1, 0.15) is 0 Å². The number of hydrogen-bond donors (Lipinski definition) is 0. The molecule has 0 fully saturated rings. The van der Waals surface area contributed by atoms with Crippen LogP contribution in [0.2, 0.25) is 0 Å². The molecule has 96 valence electrons. The standard InChI is InChI=1S/C14H10O4S/c1-18-14(15)12-8-10-7-6-9-4-2-3-5-11(9)13(10)19(12,16)17/h2-8H,1H3. The van der Waals surface area contributed by atoms with Crippen molar-refractivity contribution in [1.29, 1.82) is 0 Å². The summed E-state index contributed by atoms with van der Waals surface area (Å²) < 4.78 is 29.4. The first-order valence-corrected chi connectivity index (χ1v) is 7.11. The lowest BCUT2D eigenvalue weighted by atomic mass is 10.1. The molecule has 5 heteroatoms. The fraction of sp³-hybridized carbons (Fsp3) is 0.0714. The molecule has 0 radical (unpaired) electrons. The summed E-state index contributed by atoms with van der Waals surface area (Å²) in [5.41, 5.74) is 0.527. The fourth-order valence-electron chi connectivity index (χ4n) is 2.27. The van der Waals surface area contributed by atoms with Crippen LogP contribution in [0.5, 0.6) is 0 Å². The topological polar surface area (TPSA) is 60.4 Å². The predicted molar refractivity (Wildman–Crippen MR) is 71.1 cm³/mol. The van der Waals surface area contributed by atoms with Gasteiger partial charge in [0.2, 0.25) is 9.84 Å². The molecule has 0 saturated carbocycles. The minimum absolute atomic E-state index is 0.186. The highest BCUT2D eigenvalue weighted by molar-refractivity contribution is 7.97. The number of carbonyl (C=O) groups excluding carboxylic acids is 1. The average molecular weight is 274 g/mol. The number of esters is 1. The van der Waals surface area contributed by atoms with Crippen LogP contribution in [0.15, 0.2) is 46.2 Å². The van der Waals surface area contributed by atoms with E-state index in [0.29, 0.717) is 10.9 Å². The second-order valence-electron chi connectivity index (χ2n) is 4.21. The summed E-state index contributed by atoms with van der Waals surface area (Å²) in [6.07, 6.45) is 1.36. The summed E-state index contributed by atoms with van der Waals surface area (Å²) in [6.45, 7) is 0. The quantitative estimate of drug-likeness (QED) is 0.747. The molecule has 0 saturated heterocycles. The Kier molecular flexibility index (Phi) is 2.46. The van der Waals surface area contributed by atoms with E-state index in [1.165, 1.54) is 13.2 Å². The van der Waals surface area contributed by atoms with Crippen LogP contribution < -0.4 is 0 Å². The molecule has 0 bridgehead atoms. The van der Waals surface area contributed by atoms with Crippen molar-refractivity contribution in [3.8, 4) is 0 Å². The highest BCUT2D eigenvalue weighted by atomic mass is 32.2. The normalized spacial score (nSPS) is 15.9. The van der Waals surface area contributed by atoms with Gasteiger partial charge in [-0.2, -0.15) is 0 Å². The maximum absolute atomic E-state index is 12.4. The first-order chi connectivity index (χ1) is 9.05. The average Bonchev–Trinajstić information content (AvgIpc) is 2.70. The number of fused-ring (bicyclic) bond motifs is 3. The van der Waals surface area contributed by atoms with Gasteiger partial charge in [-0.3, -0.25) is 0 Å². The molecule has 1 aliphatic rings. The molecule has 0 amide bonds. The number of rotatable bonds is 1. The highest BCUT2D eigenvalue weighted by Gasteiger charge is 2.36. The Labute approximate surface area is 110 Å². The molecule has 1 heterocycles. The maximum atomic E-state index is 12.4. The zero-order chi connectivity index (χ0) is 13.6. The largest absolute Gasteiger partial charge is 0.465 e. The molecule has 0 aliphatic carbocycles. The van der Waals surface area contributed by atoms with Gasteiger partial charge in [-0.25, -0.2) is 13.2 Å². The smallest absolute Gasteiger partial charge is 0.349 e. The van der Waals surface area contributed by atoms with Gasteiger partial charge in [-0.15, -0.1) is 0 Å². The first kappa shape index (κ1) is 11.9. The second kappa shape index (κ2) is 3.93. The molecular weight excluding hydrogens is 264 g/mol. The molecule has 0 N–H and O–H groups in total. The van der Waals surface area contributed by atoms with Gasteiger partial charge in [0, 0.05) is 5.39 Å². The molecule has 0 aromatic heterocycles. The van der Waals surface area contributed by atoms with E-state index in [2.05, 4.69) is 4.74 Å². The van der Waals surface area contributed by atoms with Crippen molar-refractivity contribution >= 4 is 32.7 Å². The van der Waals surface area contributed by atoms with Gasteiger partial charge in [-0.1, -0.05) is 36.4 Å². The summed E-state index contributed by atoms with van der Waals surface area (Å²) in [7, 11) is -2.63. The number of benzene rings is 2. The van der Waals surface area contributed by atoms with Crippen LogP contribution in [0.1, 0.15) is 5.56 Å². The van der Waals surface area contributed by atoms with Crippen LogP contribution >= 0.6 is 0 Å². The number of ether oxygens (including phenoxy) is 1. The van der Waals surface area contributed by atoms with Gasteiger partial charge in [-0.05, 0) is 17.0 Å². The van der Waals surface area contributed by atoms with E-state index >= 15 is 0 Å². The summed E-state index contributed by atoms with van der Waals surface area (Å²) in [4.78, 5) is 11.4. The Balaban J connectivity index is 2.36. The van der Waals surface area contributed by atoms with Crippen molar-refractivity contribution in [3.05, 3.63) is 46.9 Å². The second-order valence-corrected chi connectivity index (χ2v) is 6.06. The van der Waals surface area contributed by atoms with Crippen LogP contribution in [0.4, 0.5) is 0 Å². The van der Waals surface area contributed by atoms with E-state index in [9.17, 15) is 13.2 Å². The van der Waals surface area contributed by atoms with Crippen LogP contribution in [-0.2, 0) is 19.4 Å². The summed E-state index contributed by atoms with van der Waals surface area (Å²) in [6, 6.07) is 10.7. The van der Waals surface area contributed by atoms with Crippen molar-refractivity contribution in [1.82, 2.24) is 0 Å². The Morgan fingerprint density at radius 2 is 1.84 bits per heavy atom. The Morgan fingerprint density at radius 1 is 1.11 bits per heavy atom. The molecule has 0 atom stereocenters. The molecular formula is C14H10O4S. The number of sulfone groups is 1. The molecule has 0 unspecified atom stereocenters. The van der Waals surface area contributed by atoms with E-state index < -0.39 is 15.8 Å². The molecule has 3 rings (SSSR count). The Hall–Kier alpha value is -2.14. The van der Waals surface area contributed by atoms with Crippen molar-refractivity contribution < 1.29 is 17.9 Å². The maximum Gasteiger partial charge on any atom is 0.349 e.